The zero-order valence-electron chi connectivity index (χ0n) is 11.7. The number of hydrogen-bond acceptors (Lipinski definition) is 2. The third-order valence-electron chi connectivity index (χ3n) is 3.65. The van der Waals surface area contributed by atoms with E-state index in [0.29, 0.717) is 5.75 Å². The van der Waals surface area contributed by atoms with Crippen molar-refractivity contribution < 1.29 is 5.11 Å². The molecule has 0 aromatic heterocycles. The number of aromatic hydroxyl groups is 1. The highest BCUT2D eigenvalue weighted by atomic mass is 79.9. The van der Waals surface area contributed by atoms with Crippen molar-refractivity contribution in [2.45, 2.75) is 13.0 Å². The molecule has 0 saturated heterocycles. The number of halogens is 1. The average molecular weight is 342 g/mol. The average Bonchev–Trinajstić information content (AvgIpc) is 2.51. The van der Waals surface area contributed by atoms with Crippen LogP contribution < -0.4 is 5.32 Å². The Balaban J connectivity index is 1.99. The first-order chi connectivity index (χ1) is 10.2. The monoisotopic (exact) mass is 341 g/mol. The fourth-order valence-corrected chi connectivity index (χ4v) is 3.03. The summed E-state index contributed by atoms with van der Waals surface area (Å²) in [6, 6.07) is 19.8. The molecule has 0 spiro atoms. The quantitative estimate of drug-likeness (QED) is 0.660. The first-order valence-corrected chi connectivity index (χ1v) is 7.68. The van der Waals surface area contributed by atoms with Crippen LogP contribution in [0.4, 0.5) is 5.69 Å². The topological polar surface area (TPSA) is 32.3 Å². The van der Waals surface area contributed by atoms with Gasteiger partial charge in [0.25, 0.3) is 0 Å². The summed E-state index contributed by atoms with van der Waals surface area (Å²) in [5.41, 5.74) is 1.95. The van der Waals surface area contributed by atoms with Gasteiger partial charge in [0.05, 0.1) is 6.04 Å². The van der Waals surface area contributed by atoms with Crippen LogP contribution in [0.3, 0.4) is 0 Å². The molecule has 2 N–H and O–H groups in total. The summed E-state index contributed by atoms with van der Waals surface area (Å²) in [5.74, 6) is 0.318. The summed E-state index contributed by atoms with van der Waals surface area (Å²) < 4.78 is 1.08. The van der Waals surface area contributed by atoms with Crippen LogP contribution in [0.5, 0.6) is 5.75 Å². The highest BCUT2D eigenvalue weighted by molar-refractivity contribution is 9.10. The second kappa shape index (κ2) is 5.78. The highest BCUT2D eigenvalue weighted by Crippen LogP contribution is 2.33. The lowest BCUT2D eigenvalue weighted by molar-refractivity contribution is 0.465. The lowest BCUT2D eigenvalue weighted by Crippen LogP contribution is -2.07. The van der Waals surface area contributed by atoms with Gasteiger partial charge in [-0.05, 0) is 30.5 Å². The number of benzene rings is 3. The van der Waals surface area contributed by atoms with Gasteiger partial charge in [-0.25, -0.2) is 0 Å². The van der Waals surface area contributed by atoms with Gasteiger partial charge in [-0.1, -0.05) is 58.4 Å². The van der Waals surface area contributed by atoms with Crippen molar-refractivity contribution in [2.24, 2.45) is 0 Å². The molecular weight excluding hydrogens is 326 g/mol. The van der Waals surface area contributed by atoms with Gasteiger partial charge in [0.2, 0.25) is 0 Å². The normalized spacial score (nSPS) is 12.3. The predicted molar refractivity (Wildman–Crippen MR) is 91.8 cm³/mol. The molecule has 1 unspecified atom stereocenters. The molecule has 3 aromatic rings. The Bertz CT molecular complexity index is 785. The van der Waals surface area contributed by atoms with Crippen molar-refractivity contribution >= 4 is 32.4 Å². The Labute approximate surface area is 132 Å². The van der Waals surface area contributed by atoms with Gasteiger partial charge in [0.15, 0.2) is 0 Å². The zero-order chi connectivity index (χ0) is 14.8. The van der Waals surface area contributed by atoms with Crippen LogP contribution in [0.2, 0.25) is 0 Å². The van der Waals surface area contributed by atoms with Gasteiger partial charge in [-0.2, -0.15) is 0 Å². The van der Waals surface area contributed by atoms with Crippen LogP contribution in [0.25, 0.3) is 10.8 Å². The first kappa shape index (κ1) is 14.0. The Morgan fingerprint density at radius 2 is 1.57 bits per heavy atom. The lowest BCUT2D eigenvalue weighted by Gasteiger charge is -2.18. The third kappa shape index (κ3) is 2.74. The second-order valence-corrected chi connectivity index (χ2v) is 5.92. The van der Waals surface area contributed by atoms with Gasteiger partial charge in [0, 0.05) is 21.1 Å². The minimum Gasteiger partial charge on any atom is -0.508 e. The number of fused-ring (bicyclic) bond motifs is 1. The molecule has 0 aliphatic heterocycles. The molecule has 0 amide bonds. The maximum Gasteiger partial charge on any atom is 0.120 e. The minimum absolute atomic E-state index is 0.0239. The summed E-state index contributed by atoms with van der Waals surface area (Å²) in [6.45, 7) is 2.05. The van der Waals surface area contributed by atoms with Crippen LogP contribution in [-0.2, 0) is 0 Å². The van der Waals surface area contributed by atoms with Crippen LogP contribution >= 0.6 is 15.9 Å². The van der Waals surface area contributed by atoms with E-state index >= 15 is 0 Å². The van der Waals surface area contributed by atoms with E-state index in [-0.39, 0.29) is 6.04 Å². The van der Waals surface area contributed by atoms with Gasteiger partial charge in [0.1, 0.15) is 5.75 Å². The Kier molecular flexibility index (Phi) is 3.84. The number of hydrogen-bond donors (Lipinski definition) is 2. The molecule has 21 heavy (non-hydrogen) atoms. The van der Waals surface area contributed by atoms with Crippen molar-refractivity contribution in [3.8, 4) is 5.75 Å². The maximum absolute atomic E-state index is 9.97. The van der Waals surface area contributed by atoms with E-state index in [1.54, 1.807) is 6.07 Å². The molecule has 0 bridgehead atoms. The standard InChI is InChI=1S/C18H16BrNO/c1-12(13-6-4-5-9-18(13)21)20-17-11-10-16(19)14-7-2-3-8-15(14)17/h2-12,20-21H,1H3. The summed E-state index contributed by atoms with van der Waals surface area (Å²) in [5, 5.41) is 15.8. The van der Waals surface area contributed by atoms with Crippen molar-refractivity contribution in [3.05, 3.63) is 70.7 Å². The molecule has 3 aromatic carbocycles. The molecule has 0 heterocycles. The molecule has 2 nitrogen and oxygen atoms in total. The second-order valence-electron chi connectivity index (χ2n) is 5.07. The lowest BCUT2D eigenvalue weighted by atomic mass is 10.0. The van der Waals surface area contributed by atoms with Crippen LogP contribution in [0.15, 0.2) is 65.1 Å². The Hall–Kier alpha value is -2.00. The fraction of sp³-hybridized carbons (Fsp3) is 0.111. The molecular formula is C18H16BrNO. The molecule has 0 fully saturated rings. The van der Waals surface area contributed by atoms with E-state index in [4.69, 9.17) is 0 Å². The molecule has 106 valence electrons. The van der Waals surface area contributed by atoms with Crippen LogP contribution in [-0.4, -0.2) is 5.11 Å². The minimum atomic E-state index is 0.0239. The molecule has 0 aliphatic carbocycles. The van der Waals surface area contributed by atoms with E-state index in [9.17, 15) is 5.11 Å². The molecule has 1 atom stereocenters. The predicted octanol–water partition coefficient (Wildman–Crippen LogP) is 5.48. The molecule has 0 radical (unpaired) electrons. The smallest absolute Gasteiger partial charge is 0.120 e. The molecule has 3 rings (SSSR count). The Morgan fingerprint density at radius 3 is 2.33 bits per heavy atom. The number of para-hydroxylation sites is 1. The van der Waals surface area contributed by atoms with E-state index in [1.807, 2.05) is 43.3 Å². The molecule has 3 heteroatoms. The first-order valence-electron chi connectivity index (χ1n) is 6.88. The van der Waals surface area contributed by atoms with Gasteiger partial charge in [-0.15, -0.1) is 0 Å². The summed E-state index contributed by atoms with van der Waals surface area (Å²) in [6.07, 6.45) is 0. The number of anilines is 1. The van der Waals surface area contributed by atoms with Crippen molar-refractivity contribution in [1.82, 2.24) is 0 Å². The SMILES string of the molecule is CC(Nc1ccc(Br)c2ccccc12)c1ccccc1O. The van der Waals surface area contributed by atoms with Gasteiger partial charge in [-0.3, -0.25) is 0 Å². The molecule has 0 saturated carbocycles. The van der Waals surface area contributed by atoms with Crippen molar-refractivity contribution in [1.29, 1.82) is 0 Å². The van der Waals surface area contributed by atoms with E-state index in [1.165, 1.54) is 5.39 Å². The van der Waals surface area contributed by atoms with Crippen molar-refractivity contribution in [2.75, 3.05) is 5.32 Å². The van der Waals surface area contributed by atoms with Crippen LogP contribution in [0, 0.1) is 0 Å². The summed E-state index contributed by atoms with van der Waals surface area (Å²) >= 11 is 3.59. The number of phenolic OH excluding ortho intramolecular Hbond substituents is 1. The largest absolute Gasteiger partial charge is 0.508 e. The third-order valence-corrected chi connectivity index (χ3v) is 4.34. The zero-order valence-corrected chi connectivity index (χ0v) is 13.3. The van der Waals surface area contributed by atoms with E-state index in [2.05, 4.69) is 39.4 Å². The number of rotatable bonds is 3. The van der Waals surface area contributed by atoms with Crippen LogP contribution in [0.1, 0.15) is 18.5 Å². The van der Waals surface area contributed by atoms with E-state index < -0.39 is 0 Å². The number of phenols is 1. The Morgan fingerprint density at radius 1 is 0.905 bits per heavy atom. The molecule has 0 aliphatic rings. The number of nitrogens with one attached hydrogen (secondary N) is 1. The fourth-order valence-electron chi connectivity index (χ4n) is 2.55. The van der Waals surface area contributed by atoms with Gasteiger partial charge < -0.3 is 10.4 Å². The highest BCUT2D eigenvalue weighted by Gasteiger charge is 2.11. The summed E-state index contributed by atoms with van der Waals surface area (Å²) in [7, 11) is 0. The summed E-state index contributed by atoms with van der Waals surface area (Å²) in [4.78, 5) is 0. The van der Waals surface area contributed by atoms with E-state index in [0.717, 1.165) is 21.1 Å². The van der Waals surface area contributed by atoms with Gasteiger partial charge >= 0.3 is 0 Å². The maximum atomic E-state index is 9.97. The van der Waals surface area contributed by atoms with Crippen molar-refractivity contribution in [3.63, 3.8) is 0 Å².